The van der Waals surface area contributed by atoms with Crippen LogP contribution in [0.2, 0.25) is 0 Å². The smallest absolute Gasteiger partial charge is 0.305 e. The zero-order chi connectivity index (χ0) is 18.2. The number of methoxy groups -OCH3 is 1. The second-order valence-electron chi connectivity index (χ2n) is 5.49. The Hall–Kier alpha value is -3.15. The second kappa shape index (κ2) is 8.63. The van der Waals surface area contributed by atoms with Crippen LogP contribution in [0.25, 0.3) is 11.1 Å². The van der Waals surface area contributed by atoms with E-state index >= 15 is 0 Å². The van der Waals surface area contributed by atoms with Gasteiger partial charge in [0.1, 0.15) is 6.04 Å². The van der Waals surface area contributed by atoms with Crippen LogP contribution < -0.4 is 11.1 Å². The predicted octanol–water partition coefficient (Wildman–Crippen LogP) is 1.89. The number of nitrogens with two attached hydrogens (primary N) is 1. The molecular formula is C19H20N2O4. The van der Waals surface area contributed by atoms with E-state index in [2.05, 4.69) is 10.1 Å². The van der Waals surface area contributed by atoms with Crippen molar-refractivity contribution in [3.8, 4) is 11.1 Å². The molecule has 0 unspecified atom stereocenters. The van der Waals surface area contributed by atoms with Gasteiger partial charge in [-0.25, -0.2) is 0 Å². The molecule has 2 rings (SSSR count). The van der Waals surface area contributed by atoms with Crippen LogP contribution >= 0.6 is 0 Å². The monoisotopic (exact) mass is 340 g/mol. The van der Waals surface area contributed by atoms with Crippen molar-refractivity contribution < 1.29 is 19.1 Å². The number of primary amides is 1. The van der Waals surface area contributed by atoms with Gasteiger partial charge in [0.2, 0.25) is 5.91 Å². The van der Waals surface area contributed by atoms with Crippen LogP contribution in [-0.2, 0) is 14.3 Å². The van der Waals surface area contributed by atoms with Crippen molar-refractivity contribution >= 4 is 17.8 Å². The highest BCUT2D eigenvalue weighted by Crippen LogP contribution is 2.19. The molecule has 0 spiro atoms. The second-order valence-corrected chi connectivity index (χ2v) is 5.49. The van der Waals surface area contributed by atoms with Crippen molar-refractivity contribution in [2.24, 2.45) is 5.73 Å². The standard InChI is InChI=1S/C19H20N2O4/c1-25-17(22)12-11-16(18(20)23)21-19(24)15-9-7-14(8-10-15)13-5-3-2-4-6-13/h2-10,16H,11-12H2,1H3,(H2,20,23)(H,21,24)/t16-/m0/s1. The Bertz CT molecular complexity index is 742. The first-order valence-corrected chi connectivity index (χ1v) is 7.83. The van der Waals surface area contributed by atoms with Crippen molar-refractivity contribution in [3.63, 3.8) is 0 Å². The molecule has 0 aliphatic rings. The lowest BCUT2D eigenvalue weighted by Gasteiger charge is -2.15. The molecule has 0 heterocycles. The maximum Gasteiger partial charge on any atom is 0.305 e. The van der Waals surface area contributed by atoms with E-state index in [9.17, 15) is 14.4 Å². The first-order chi connectivity index (χ1) is 12.0. The fourth-order valence-electron chi connectivity index (χ4n) is 2.34. The predicted molar refractivity (Wildman–Crippen MR) is 93.6 cm³/mol. The molecule has 2 amide bonds. The molecule has 0 fully saturated rings. The van der Waals surface area contributed by atoms with Crippen LogP contribution in [0.1, 0.15) is 23.2 Å². The molecule has 0 aliphatic carbocycles. The summed E-state index contributed by atoms with van der Waals surface area (Å²) in [6.45, 7) is 0. The van der Waals surface area contributed by atoms with E-state index in [4.69, 9.17) is 5.73 Å². The number of carbonyl (C=O) groups is 3. The van der Waals surface area contributed by atoms with Gasteiger partial charge in [0.15, 0.2) is 0 Å². The van der Waals surface area contributed by atoms with Crippen molar-refractivity contribution in [3.05, 3.63) is 60.2 Å². The maximum atomic E-state index is 12.3. The molecule has 130 valence electrons. The van der Waals surface area contributed by atoms with E-state index in [0.29, 0.717) is 5.56 Å². The quantitative estimate of drug-likeness (QED) is 0.752. The van der Waals surface area contributed by atoms with Crippen LogP contribution in [0.15, 0.2) is 54.6 Å². The summed E-state index contributed by atoms with van der Waals surface area (Å²) in [6.07, 6.45) is 0.0905. The van der Waals surface area contributed by atoms with Gasteiger partial charge in [-0.05, 0) is 29.7 Å². The molecule has 0 saturated carbocycles. The molecule has 0 radical (unpaired) electrons. The molecule has 0 saturated heterocycles. The first kappa shape index (κ1) is 18.2. The summed E-state index contributed by atoms with van der Waals surface area (Å²) in [4.78, 5) is 34.9. The summed E-state index contributed by atoms with van der Waals surface area (Å²) in [5.74, 6) is -1.58. The zero-order valence-electron chi connectivity index (χ0n) is 13.9. The highest BCUT2D eigenvalue weighted by atomic mass is 16.5. The van der Waals surface area contributed by atoms with E-state index < -0.39 is 23.8 Å². The molecule has 6 heteroatoms. The number of nitrogens with one attached hydrogen (secondary N) is 1. The Balaban J connectivity index is 2.03. The summed E-state index contributed by atoms with van der Waals surface area (Å²) >= 11 is 0. The molecule has 1 atom stereocenters. The number of amides is 2. The fourth-order valence-corrected chi connectivity index (χ4v) is 2.34. The van der Waals surface area contributed by atoms with Crippen molar-refractivity contribution in [2.45, 2.75) is 18.9 Å². The number of benzene rings is 2. The van der Waals surface area contributed by atoms with Crippen molar-refractivity contribution in [1.82, 2.24) is 5.32 Å². The van der Waals surface area contributed by atoms with Gasteiger partial charge in [-0.2, -0.15) is 0 Å². The molecule has 2 aromatic carbocycles. The SMILES string of the molecule is COC(=O)CC[C@H](NC(=O)c1ccc(-c2ccccc2)cc1)C(N)=O. The minimum Gasteiger partial charge on any atom is -0.469 e. The normalized spacial score (nSPS) is 11.4. The van der Waals surface area contributed by atoms with Gasteiger partial charge in [-0.3, -0.25) is 14.4 Å². The number of carbonyl (C=O) groups excluding carboxylic acids is 3. The number of esters is 1. The average Bonchev–Trinajstić information content (AvgIpc) is 2.65. The van der Waals surface area contributed by atoms with Crippen LogP contribution in [0.3, 0.4) is 0 Å². The fraction of sp³-hybridized carbons (Fsp3) is 0.211. The Labute approximate surface area is 146 Å². The van der Waals surface area contributed by atoms with E-state index in [1.165, 1.54) is 7.11 Å². The topological polar surface area (TPSA) is 98.5 Å². The summed E-state index contributed by atoms with van der Waals surface area (Å²) in [7, 11) is 1.26. The minimum absolute atomic E-state index is 0.00265. The Morgan fingerprint density at radius 1 is 1.00 bits per heavy atom. The Morgan fingerprint density at radius 3 is 2.16 bits per heavy atom. The largest absolute Gasteiger partial charge is 0.469 e. The van der Waals surface area contributed by atoms with Gasteiger partial charge in [0.25, 0.3) is 5.91 Å². The minimum atomic E-state index is -0.930. The number of hydrogen-bond acceptors (Lipinski definition) is 4. The number of hydrogen-bond donors (Lipinski definition) is 2. The molecule has 3 N–H and O–H groups in total. The molecule has 2 aromatic rings. The van der Waals surface area contributed by atoms with E-state index in [-0.39, 0.29) is 12.8 Å². The lowest BCUT2D eigenvalue weighted by Crippen LogP contribution is -2.44. The van der Waals surface area contributed by atoms with Gasteiger partial charge in [0.05, 0.1) is 7.11 Å². The third-order valence-electron chi connectivity index (χ3n) is 3.77. The van der Waals surface area contributed by atoms with Gasteiger partial charge in [-0.15, -0.1) is 0 Å². The lowest BCUT2D eigenvalue weighted by molar-refractivity contribution is -0.140. The van der Waals surface area contributed by atoms with Gasteiger partial charge < -0.3 is 15.8 Å². The zero-order valence-corrected chi connectivity index (χ0v) is 13.9. The molecule has 25 heavy (non-hydrogen) atoms. The highest BCUT2D eigenvalue weighted by molar-refractivity contribution is 5.97. The lowest BCUT2D eigenvalue weighted by atomic mass is 10.0. The van der Waals surface area contributed by atoms with Gasteiger partial charge in [-0.1, -0.05) is 42.5 Å². The summed E-state index contributed by atoms with van der Waals surface area (Å²) < 4.78 is 4.52. The first-order valence-electron chi connectivity index (χ1n) is 7.83. The molecule has 6 nitrogen and oxygen atoms in total. The van der Waals surface area contributed by atoms with E-state index in [1.807, 2.05) is 42.5 Å². The number of rotatable bonds is 7. The van der Waals surface area contributed by atoms with Gasteiger partial charge in [0, 0.05) is 12.0 Å². The Kier molecular flexibility index (Phi) is 6.28. The Morgan fingerprint density at radius 2 is 1.60 bits per heavy atom. The van der Waals surface area contributed by atoms with Crippen LogP contribution in [-0.4, -0.2) is 30.9 Å². The van der Waals surface area contributed by atoms with E-state index in [1.54, 1.807) is 12.1 Å². The third-order valence-corrected chi connectivity index (χ3v) is 3.77. The highest BCUT2D eigenvalue weighted by Gasteiger charge is 2.20. The maximum absolute atomic E-state index is 12.3. The summed E-state index contributed by atoms with van der Waals surface area (Å²) in [5, 5.41) is 2.55. The summed E-state index contributed by atoms with van der Waals surface area (Å²) in [6, 6.07) is 15.9. The van der Waals surface area contributed by atoms with Crippen LogP contribution in [0.5, 0.6) is 0 Å². The summed E-state index contributed by atoms with van der Waals surface area (Å²) in [5.41, 5.74) is 7.72. The molecule has 0 aromatic heterocycles. The van der Waals surface area contributed by atoms with Crippen molar-refractivity contribution in [2.75, 3.05) is 7.11 Å². The van der Waals surface area contributed by atoms with Crippen LogP contribution in [0, 0.1) is 0 Å². The third kappa shape index (κ3) is 5.17. The van der Waals surface area contributed by atoms with Gasteiger partial charge >= 0.3 is 5.97 Å². The molecular weight excluding hydrogens is 320 g/mol. The van der Waals surface area contributed by atoms with Crippen molar-refractivity contribution in [1.29, 1.82) is 0 Å². The molecule has 0 bridgehead atoms. The average molecular weight is 340 g/mol. The number of ether oxygens (including phenoxy) is 1. The molecule has 0 aliphatic heterocycles. The van der Waals surface area contributed by atoms with E-state index in [0.717, 1.165) is 11.1 Å². The van der Waals surface area contributed by atoms with Crippen LogP contribution in [0.4, 0.5) is 0 Å².